The van der Waals surface area contributed by atoms with Gasteiger partial charge in [0.05, 0.1) is 11.2 Å². The Morgan fingerprint density at radius 2 is 1.76 bits per heavy atom. The number of rotatable bonds is 5. The minimum absolute atomic E-state index is 0.164. The van der Waals surface area contributed by atoms with Crippen molar-refractivity contribution in [3.8, 4) is 11.5 Å². The normalized spacial score (nSPS) is 19.8. The van der Waals surface area contributed by atoms with Crippen molar-refractivity contribution in [3.05, 3.63) is 18.2 Å². The van der Waals surface area contributed by atoms with E-state index in [2.05, 4.69) is 0 Å². The molecule has 0 radical (unpaired) electrons. The number of hydrogen-bond donors (Lipinski definition) is 0. The number of benzene rings is 1. The fourth-order valence-electron chi connectivity index (χ4n) is 2.05. The van der Waals surface area contributed by atoms with Gasteiger partial charge in [-0.1, -0.05) is 6.07 Å². The Labute approximate surface area is 129 Å². The SMILES string of the molecule is COCOc1cc(O[SiH3])ccc1B1OC(C)(C)C(C)(C)O1. The Bertz CT molecular complexity index is 490. The fourth-order valence-corrected chi connectivity index (χ4v) is 2.31. The summed E-state index contributed by atoms with van der Waals surface area (Å²) in [5.74, 6) is 1.43. The van der Waals surface area contributed by atoms with Crippen LogP contribution in [-0.4, -0.2) is 42.7 Å². The highest BCUT2D eigenvalue weighted by Gasteiger charge is 2.52. The highest BCUT2D eigenvalue weighted by atomic mass is 28.2. The van der Waals surface area contributed by atoms with Crippen LogP contribution in [0.1, 0.15) is 27.7 Å². The average molecular weight is 310 g/mol. The van der Waals surface area contributed by atoms with Crippen molar-refractivity contribution in [2.45, 2.75) is 38.9 Å². The molecule has 0 N–H and O–H groups in total. The zero-order valence-corrected chi connectivity index (χ0v) is 15.6. The van der Waals surface area contributed by atoms with Crippen molar-refractivity contribution < 1.29 is 23.2 Å². The fraction of sp³-hybridized carbons (Fsp3) is 0.571. The molecule has 5 nitrogen and oxygen atoms in total. The smallest absolute Gasteiger partial charge is 0.498 e. The highest BCUT2D eigenvalue weighted by Crippen LogP contribution is 2.37. The predicted molar refractivity (Wildman–Crippen MR) is 85.2 cm³/mol. The van der Waals surface area contributed by atoms with Gasteiger partial charge >= 0.3 is 7.12 Å². The lowest BCUT2D eigenvalue weighted by Gasteiger charge is -2.32. The van der Waals surface area contributed by atoms with E-state index >= 15 is 0 Å². The molecule has 1 heterocycles. The molecule has 0 amide bonds. The van der Waals surface area contributed by atoms with Crippen LogP contribution in [0.2, 0.25) is 0 Å². The molecule has 1 aliphatic heterocycles. The summed E-state index contributed by atoms with van der Waals surface area (Å²) >= 11 is 0. The molecule has 1 saturated heterocycles. The van der Waals surface area contributed by atoms with E-state index in [1.54, 1.807) is 7.11 Å². The quantitative estimate of drug-likeness (QED) is 0.590. The van der Waals surface area contributed by atoms with Crippen LogP contribution in [0.4, 0.5) is 0 Å². The molecule has 0 atom stereocenters. The molecule has 1 aromatic rings. The second-order valence-electron chi connectivity index (χ2n) is 6.04. The van der Waals surface area contributed by atoms with E-state index in [1.807, 2.05) is 45.9 Å². The summed E-state index contributed by atoms with van der Waals surface area (Å²) in [6.45, 7) is 8.27. The van der Waals surface area contributed by atoms with Gasteiger partial charge in [0.2, 0.25) is 10.5 Å². The lowest BCUT2D eigenvalue weighted by atomic mass is 9.78. The standard InChI is InChI=1S/C14H23BO5Si/c1-13(2)14(3,4)20-15(19-13)11-7-6-10(18-21)8-12(11)17-9-16-5/h6-8H,9H2,1-5,21H3. The van der Waals surface area contributed by atoms with Crippen LogP contribution in [-0.2, 0) is 14.0 Å². The molecule has 0 spiro atoms. The molecule has 21 heavy (non-hydrogen) atoms. The predicted octanol–water partition coefficient (Wildman–Crippen LogP) is 0.628. The van der Waals surface area contributed by atoms with Gasteiger partial charge in [0.1, 0.15) is 11.5 Å². The molecule has 1 fully saturated rings. The minimum atomic E-state index is -0.468. The maximum absolute atomic E-state index is 6.07. The first-order valence-corrected chi connectivity index (χ1v) is 7.77. The zero-order valence-electron chi connectivity index (χ0n) is 13.6. The van der Waals surface area contributed by atoms with Crippen LogP contribution >= 0.6 is 0 Å². The molecule has 0 aliphatic carbocycles. The van der Waals surface area contributed by atoms with Crippen molar-refractivity contribution in [2.24, 2.45) is 0 Å². The van der Waals surface area contributed by atoms with Crippen LogP contribution in [0, 0.1) is 0 Å². The van der Waals surface area contributed by atoms with Crippen molar-refractivity contribution in [2.75, 3.05) is 13.9 Å². The molecule has 1 aliphatic rings. The van der Waals surface area contributed by atoms with E-state index in [0.29, 0.717) is 16.2 Å². The van der Waals surface area contributed by atoms with Gasteiger partial charge in [-0.25, -0.2) is 0 Å². The molecule has 0 unspecified atom stereocenters. The molecule has 0 aromatic heterocycles. The van der Waals surface area contributed by atoms with Gasteiger partial charge in [0.25, 0.3) is 0 Å². The average Bonchev–Trinajstić information content (AvgIpc) is 2.64. The number of methoxy groups -OCH3 is 1. The van der Waals surface area contributed by atoms with Crippen LogP contribution in [0.5, 0.6) is 11.5 Å². The molecular weight excluding hydrogens is 287 g/mol. The van der Waals surface area contributed by atoms with Gasteiger partial charge in [0, 0.05) is 18.6 Å². The lowest BCUT2D eigenvalue weighted by molar-refractivity contribution is 0.00578. The van der Waals surface area contributed by atoms with Gasteiger partial charge in [-0.05, 0) is 33.8 Å². The van der Waals surface area contributed by atoms with Crippen LogP contribution in [0.3, 0.4) is 0 Å². The van der Waals surface area contributed by atoms with Crippen LogP contribution in [0.25, 0.3) is 0 Å². The van der Waals surface area contributed by atoms with E-state index < -0.39 is 7.12 Å². The third kappa shape index (κ3) is 3.26. The molecule has 0 saturated carbocycles. The third-order valence-corrected chi connectivity index (χ3v) is 4.53. The summed E-state index contributed by atoms with van der Waals surface area (Å²) in [4.78, 5) is 0. The lowest BCUT2D eigenvalue weighted by Crippen LogP contribution is -2.41. The van der Waals surface area contributed by atoms with Crippen molar-refractivity contribution in [1.29, 1.82) is 0 Å². The largest absolute Gasteiger partial charge is 0.553 e. The summed E-state index contributed by atoms with van der Waals surface area (Å²) in [5.41, 5.74) is 0.0691. The first kappa shape index (κ1) is 16.4. The van der Waals surface area contributed by atoms with Gasteiger partial charge in [-0.2, -0.15) is 0 Å². The molecule has 7 heteroatoms. The maximum atomic E-state index is 6.07. The highest BCUT2D eigenvalue weighted by molar-refractivity contribution is 6.63. The summed E-state index contributed by atoms with van der Waals surface area (Å²) < 4.78 is 28.1. The summed E-state index contributed by atoms with van der Waals surface area (Å²) in [6, 6.07) is 5.65. The first-order valence-electron chi connectivity index (χ1n) is 6.96. The molecule has 1 aromatic carbocycles. The van der Waals surface area contributed by atoms with Gasteiger partial charge < -0.3 is 23.2 Å². The van der Waals surface area contributed by atoms with E-state index in [9.17, 15) is 0 Å². The van der Waals surface area contributed by atoms with E-state index in [4.69, 9.17) is 23.2 Å². The van der Waals surface area contributed by atoms with Gasteiger partial charge in [0.15, 0.2) is 6.79 Å². The minimum Gasteiger partial charge on any atom is -0.553 e. The van der Waals surface area contributed by atoms with Crippen LogP contribution < -0.4 is 14.6 Å². The Morgan fingerprint density at radius 3 is 2.29 bits per heavy atom. The first-order chi connectivity index (χ1) is 9.80. The Morgan fingerprint density at radius 1 is 1.14 bits per heavy atom. The molecular formula is C14H23BO5Si. The van der Waals surface area contributed by atoms with Crippen LogP contribution in [0.15, 0.2) is 18.2 Å². The number of hydrogen-bond acceptors (Lipinski definition) is 5. The van der Waals surface area contributed by atoms with Crippen molar-refractivity contribution in [1.82, 2.24) is 0 Å². The van der Waals surface area contributed by atoms with Gasteiger partial charge in [-0.3, -0.25) is 0 Å². The molecule has 2 rings (SSSR count). The third-order valence-electron chi connectivity index (χ3n) is 4.06. The Kier molecular flexibility index (Phi) is 4.67. The maximum Gasteiger partial charge on any atom is 0.498 e. The number of ether oxygens (including phenoxy) is 2. The topological polar surface area (TPSA) is 46.2 Å². The summed E-state index contributed by atoms with van der Waals surface area (Å²) in [6.07, 6.45) is 0. The van der Waals surface area contributed by atoms with E-state index in [1.165, 1.54) is 0 Å². The second-order valence-corrected chi connectivity index (χ2v) is 6.45. The zero-order chi connectivity index (χ0) is 15.7. The summed E-state index contributed by atoms with van der Waals surface area (Å²) in [5, 5.41) is 0. The molecule has 116 valence electrons. The van der Waals surface area contributed by atoms with Crippen molar-refractivity contribution in [3.63, 3.8) is 0 Å². The van der Waals surface area contributed by atoms with E-state index in [-0.39, 0.29) is 18.0 Å². The monoisotopic (exact) mass is 310 g/mol. The Balaban J connectivity index is 2.31. The summed E-state index contributed by atoms with van der Waals surface area (Å²) in [7, 11) is 1.74. The van der Waals surface area contributed by atoms with Crippen molar-refractivity contribution >= 4 is 23.1 Å². The van der Waals surface area contributed by atoms with Gasteiger partial charge in [-0.15, -0.1) is 0 Å². The second kappa shape index (κ2) is 6.00. The Hall–Kier alpha value is -1.02. The molecule has 0 bridgehead atoms. The van der Waals surface area contributed by atoms with E-state index in [0.717, 1.165) is 11.2 Å².